The fourth-order valence-corrected chi connectivity index (χ4v) is 3.87. The molecule has 0 saturated heterocycles. The minimum atomic E-state index is -3.94. The number of halogens is 2. The Morgan fingerprint density at radius 3 is 2.14 bits per heavy atom. The fraction of sp³-hybridized carbons (Fsp3) is 0.0952. The van der Waals surface area contributed by atoms with Crippen LogP contribution < -0.4 is 9.62 Å². The largest absolute Gasteiger partial charge is 0.348 e. The summed E-state index contributed by atoms with van der Waals surface area (Å²) in [4.78, 5) is 12.3. The number of amides is 1. The Kier molecular flexibility index (Phi) is 5.93. The lowest BCUT2D eigenvalue weighted by molar-refractivity contribution is 0.0950. The lowest BCUT2D eigenvalue weighted by Gasteiger charge is -2.19. The zero-order valence-corrected chi connectivity index (χ0v) is 16.3. The van der Waals surface area contributed by atoms with Crippen LogP contribution in [0.15, 0.2) is 77.7 Å². The Bertz CT molecular complexity index is 1120. The van der Waals surface area contributed by atoms with Crippen LogP contribution in [0.2, 0.25) is 0 Å². The van der Waals surface area contributed by atoms with Crippen molar-refractivity contribution in [2.75, 3.05) is 11.4 Å². The Morgan fingerprint density at radius 2 is 1.52 bits per heavy atom. The molecule has 0 spiro atoms. The number of sulfonamides is 1. The van der Waals surface area contributed by atoms with Crippen LogP contribution in [0.1, 0.15) is 15.9 Å². The molecule has 0 atom stereocenters. The summed E-state index contributed by atoms with van der Waals surface area (Å²) in [5.74, 6) is -1.31. The molecule has 8 heteroatoms. The highest BCUT2D eigenvalue weighted by Crippen LogP contribution is 2.23. The molecule has 5 nitrogen and oxygen atoms in total. The SMILES string of the molecule is CN(c1ccc(F)cc1)S(=O)(=O)c1cccc(C(=O)NCc2ccc(F)cc2)c1. The van der Waals surface area contributed by atoms with E-state index in [0.717, 1.165) is 4.31 Å². The van der Waals surface area contributed by atoms with E-state index in [2.05, 4.69) is 5.32 Å². The average Bonchev–Trinajstić information content (AvgIpc) is 2.73. The van der Waals surface area contributed by atoms with E-state index in [1.54, 1.807) is 12.1 Å². The van der Waals surface area contributed by atoms with Crippen molar-refractivity contribution in [3.05, 3.63) is 95.6 Å². The minimum absolute atomic E-state index is 0.0706. The van der Waals surface area contributed by atoms with Gasteiger partial charge in [0.15, 0.2) is 0 Å². The molecule has 3 aromatic carbocycles. The number of rotatable bonds is 6. The lowest BCUT2D eigenvalue weighted by atomic mass is 10.2. The first-order valence-electron chi connectivity index (χ1n) is 8.64. The smallest absolute Gasteiger partial charge is 0.264 e. The number of anilines is 1. The molecular weight excluding hydrogens is 398 g/mol. The molecule has 0 radical (unpaired) electrons. The molecule has 3 rings (SSSR count). The number of nitrogens with zero attached hydrogens (tertiary/aromatic N) is 1. The van der Waals surface area contributed by atoms with Crippen LogP contribution in [0, 0.1) is 11.6 Å². The van der Waals surface area contributed by atoms with Crippen molar-refractivity contribution in [2.24, 2.45) is 0 Å². The lowest BCUT2D eigenvalue weighted by Crippen LogP contribution is -2.27. The zero-order valence-electron chi connectivity index (χ0n) is 15.5. The Labute approximate surface area is 167 Å². The minimum Gasteiger partial charge on any atom is -0.348 e. The van der Waals surface area contributed by atoms with Gasteiger partial charge in [0, 0.05) is 19.2 Å². The molecule has 0 heterocycles. The fourth-order valence-electron chi connectivity index (χ4n) is 2.63. The molecule has 0 saturated carbocycles. The third-order valence-corrected chi connectivity index (χ3v) is 6.09. The molecule has 1 N–H and O–H groups in total. The number of hydrogen-bond acceptors (Lipinski definition) is 3. The van der Waals surface area contributed by atoms with Gasteiger partial charge in [-0.2, -0.15) is 0 Å². The molecule has 0 unspecified atom stereocenters. The van der Waals surface area contributed by atoms with Crippen molar-refractivity contribution in [1.29, 1.82) is 0 Å². The van der Waals surface area contributed by atoms with E-state index in [1.807, 2.05) is 0 Å². The van der Waals surface area contributed by atoms with E-state index in [0.29, 0.717) is 5.56 Å². The summed E-state index contributed by atoms with van der Waals surface area (Å²) in [7, 11) is -2.59. The second-order valence-corrected chi connectivity index (χ2v) is 8.26. The summed E-state index contributed by atoms with van der Waals surface area (Å²) in [6.07, 6.45) is 0. The molecule has 0 aliphatic carbocycles. The van der Waals surface area contributed by atoms with Crippen LogP contribution in [-0.4, -0.2) is 21.4 Å². The summed E-state index contributed by atoms with van der Waals surface area (Å²) >= 11 is 0. The first-order valence-corrected chi connectivity index (χ1v) is 10.1. The molecule has 29 heavy (non-hydrogen) atoms. The third-order valence-electron chi connectivity index (χ3n) is 4.31. The van der Waals surface area contributed by atoms with Crippen molar-refractivity contribution in [3.8, 4) is 0 Å². The maximum atomic E-state index is 13.1. The summed E-state index contributed by atoms with van der Waals surface area (Å²) in [6.45, 7) is 0.172. The normalized spacial score (nSPS) is 11.1. The zero-order chi connectivity index (χ0) is 21.0. The van der Waals surface area contributed by atoms with E-state index in [1.165, 1.54) is 67.7 Å². The molecule has 0 aliphatic rings. The number of hydrogen-bond donors (Lipinski definition) is 1. The molecule has 0 bridgehead atoms. The predicted octanol–water partition coefficient (Wildman–Crippen LogP) is 3.72. The van der Waals surface area contributed by atoms with Gasteiger partial charge in [0.1, 0.15) is 11.6 Å². The highest BCUT2D eigenvalue weighted by Gasteiger charge is 2.22. The number of carbonyl (C=O) groups excluding carboxylic acids is 1. The first-order chi connectivity index (χ1) is 13.8. The van der Waals surface area contributed by atoms with Crippen LogP contribution in [0.25, 0.3) is 0 Å². The van der Waals surface area contributed by atoms with Crippen molar-refractivity contribution in [3.63, 3.8) is 0 Å². The Hall–Kier alpha value is -3.26. The van der Waals surface area contributed by atoms with Gasteiger partial charge in [0.2, 0.25) is 0 Å². The maximum Gasteiger partial charge on any atom is 0.264 e. The van der Waals surface area contributed by atoms with Gasteiger partial charge in [-0.25, -0.2) is 17.2 Å². The van der Waals surface area contributed by atoms with Crippen LogP contribution in [-0.2, 0) is 16.6 Å². The highest BCUT2D eigenvalue weighted by molar-refractivity contribution is 7.92. The summed E-state index contributed by atoms with van der Waals surface area (Å²) < 4.78 is 52.8. The molecule has 0 aliphatic heterocycles. The van der Waals surface area contributed by atoms with Crippen molar-refractivity contribution < 1.29 is 22.0 Å². The molecule has 0 fully saturated rings. The molecule has 150 valence electrons. The van der Waals surface area contributed by atoms with E-state index < -0.39 is 21.7 Å². The average molecular weight is 416 g/mol. The molecule has 1 amide bonds. The molecule has 3 aromatic rings. The quantitative estimate of drug-likeness (QED) is 0.666. The van der Waals surface area contributed by atoms with Gasteiger partial charge in [-0.1, -0.05) is 18.2 Å². The van der Waals surface area contributed by atoms with E-state index in [-0.39, 0.29) is 28.5 Å². The Balaban J connectivity index is 1.77. The van der Waals surface area contributed by atoms with E-state index in [9.17, 15) is 22.0 Å². The second-order valence-electron chi connectivity index (χ2n) is 6.29. The maximum absolute atomic E-state index is 13.1. The van der Waals surface area contributed by atoms with E-state index in [4.69, 9.17) is 0 Å². The van der Waals surface area contributed by atoms with Crippen LogP contribution in [0.3, 0.4) is 0 Å². The van der Waals surface area contributed by atoms with Crippen molar-refractivity contribution >= 4 is 21.6 Å². The van der Waals surface area contributed by atoms with Crippen molar-refractivity contribution in [2.45, 2.75) is 11.4 Å². The Morgan fingerprint density at radius 1 is 0.931 bits per heavy atom. The standard InChI is InChI=1S/C21H18F2N2O3S/c1-25(19-11-9-18(23)10-12-19)29(27,28)20-4-2-3-16(13-20)21(26)24-14-15-5-7-17(22)8-6-15/h2-13H,14H2,1H3,(H,24,26). The molecule has 0 aromatic heterocycles. The van der Waals surface area contributed by atoms with Crippen LogP contribution >= 0.6 is 0 Å². The van der Waals surface area contributed by atoms with Crippen LogP contribution in [0.5, 0.6) is 0 Å². The summed E-state index contributed by atoms with van der Waals surface area (Å²) in [5, 5.41) is 2.67. The van der Waals surface area contributed by atoms with E-state index >= 15 is 0 Å². The molecular formula is C21H18F2N2O3S. The second kappa shape index (κ2) is 8.40. The van der Waals surface area contributed by atoms with Gasteiger partial charge in [-0.15, -0.1) is 0 Å². The van der Waals surface area contributed by atoms with Gasteiger partial charge >= 0.3 is 0 Å². The highest BCUT2D eigenvalue weighted by atomic mass is 32.2. The monoisotopic (exact) mass is 416 g/mol. The predicted molar refractivity (Wildman–Crippen MR) is 106 cm³/mol. The number of carbonyl (C=O) groups is 1. The number of nitrogens with one attached hydrogen (secondary N) is 1. The topological polar surface area (TPSA) is 66.5 Å². The third kappa shape index (κ3) is 4.78. The van der Waals surface area contributed by atoms with Gasteiger partial charge in [-0.05, 0) is 60.2 Å². The summed E-state index contributed by atoms with van der Waals surface area (Å²) in [6, 6.07) is 16.3. The van der Waals surface area contributed by atoms with Gasteiger partial charge in [0.25, 0.3) is 15.9 Å². The summed E-state index contributed by atoms with van der Waals surface area (Å²) in [5.41, 5.74) is 1.16. The number of benzene rings is 3. The van der Waals surface area contributed by atoms with Gasteiger partial charge < -0.3 is 5.32 Å². The van der Waals surface area contributed by atoms with Crippen molar-refractivity contribution in [1.82, 2.24) is 5.32 Å². The first kappa shape index (κ1) is 20.5. The van der Waals surface area contributed by atoms with Gasteiger partial charge in [-0.3, -0.25) is 9.10 Å². The van der Waals surface area contributed by atoms with Crippen LogP contribution in [0.4, 0.5) is 14.5 Å². The van der Waals surface area contributed by atoms with Gasteiger partial charge in [0.05, 0.1) is 10.6 Å².